The number of aliphatic carboxylic acids is 1. The zero-order valence-electron chi connectivity index (χ0n) is 11.0. The second-order valence-electron chi connectivity index (χ2n) is 4.79. The second-order valence-corrected chi connectivity index (χ2v) is 6.04. The smallest absolute Gasteiger partial charge is 0.314 e. The Morgan fingerprint density at radius 1 is 1.42 bits per heavy atom. The summed E-state index contributed by atoms with van der Waals surface area (Å²) in [5.41, 5.74) is 0.0214. The Hall–Kier alpha value is -0.870. The zero-order valence-corrected chi connectivity index (χ0v) is 12.6. The van der Waals surface area contributed by atoms with Crippen molar-refractivity contribution >= 4 is 29.3 Å². The third-order valence-electron chi connectivity index (χ3n) is 3.85. The molecular weight excluding hydrogens is 284 g/mol. The van der Waals surface area contributed by atoms with Crippen LogP contribution in [0.4, 0.5) is 0 Å². The van der Waals surface area contributed by atoms with Gasteiger partial charge < -0.3 is 9.84 Å². The van der Waals surface area contributed by atoms with Crippen molar-refractivity contribution in [3.63, 3.8) is 0 Å². The molecule has 0 amide bonds. The fraction of sp³-hybridized carbons (Fsp3) is 0.500. The number of methoxy groups -OCH3 is 1. The number of halogens is 1. The molecule has 0 atom stereocenters. The third-order valence-corrected chi connectivity index (χ3v) is 4.88. The summed E-state index contributed by atoms with van der Waals surface area (Å²) >= 11 is 7.74. The van der Waals surface area contributed by atoms with Crippen LogP contribution in [0.3, 0.4) is 0 Å². The molecule has 3 nitrogen and oxygen atoms in total. The highest BCUT2D eigenvalue weighted by Crippen LogP contribution is 2.45. The van der Waals surface area contributed by atoms with Gasteiger partial charge in [0, 0.05) is 0 Å². The van der Waals surface area contributed by atoms with Crippen LogP contribution < -0.4 is 4.74 Å². The summed E-state index contributed by atoms with van der Waals surface area (Å²) in [5.74, 6) is -0.130. The van der Waals surface area contributed by atoms with Gasteiger partial charge in [0.2, 0.25) is 0 Å². The number of carboxylic acids is 1. The molecule has 0 saturated heterocycles. The van der Waals surface area contributed by atoms with Crippen molar-refractivity contribution in [1.29, 1.82) is 0 Å². The molecule has 19 heavy (non-hydrogen) atoms. The topological polar surface area (TPSA) is 46.5 Å². The van der Waals surface area contributed by atoms with Gasteiger partial charge in [-0.1, -0.05) is 24.4 Å². The molecule has 0 bridgehead atoms. The molecule has 5 heteroatoms. The highest BCUT2D eigenvalue weighted by molar-refractivity contribution is 7.98. The van der Waals surface area contributed by atoms with Gasteiger partial charge in [-0.25, -0.2) is 0 Å². The van der Waals surface area contributed by atoms with Crippen molar-refractivity contribution in [1.82, 2.24) is 0 Å². The SMILES string of the molecule is COc1c(Cl)cc(C2(C(=O)O)CCCC2)cc1SC. The van der Waals surface area contributed by atoms with Crippen LogP contribution in [0.5, 0.6) is 5.75 Å². The lowest BCUT2D eigenvalue weighted by Crippen LogP contribution is -2.32. The second kappa shape index (κ2) is 5.63. The third kappa shape index (κ3) is 2.43. The van der Waals surface area contributed by atoms with E-state index in [1.165, 1.54) is 11.8 Å². The number of thioether (sulfide) groups is 1. The lowest BCUT2D eigenvalue weighted by atomic mass is 9.79. The molecule has 2 rings (SSSR count). The Bertz CT molecular complexity index is 496. The number of carbonyl (C=O) groups is 1. The summed E-state index contributed by atoms with van der Waals surface area (Å²) < 4.78 is 5.28. The summed E-state index contributed by atoms with van der Waals surface area (Å²) in [7, 11) is 1.57. The first-order chi connectivity index (χ1) is 9.05. The maximum Gasteiger partial charge on any atom is 0.314 e. The van der Waals surface area contributed by atoms with Crippen LogP contribution in [0.2, 0.25) is 5.02 Å². The van der Waals surface area contributed by atoms with Crippen LogP contribution in [0.15, 0.2) is 17.0 Å². The molecule has 1 fully saturated rings. The van der Waals surface area contributed by atoms with Crippen LogP contribution in [-0.4, -0.2) is 24.4 Å². The van der Waals surface area contributed by atoms with Crippen molar-refractivity contribution in [2.75, 3.05) is 13.4 Å². The lowest BCUT2D eigenvalue weighted by Gasteiger charge is -2.25. The normalized spacial score (nSPS) is 17.4. The van der Waals surface area contributed by atoms with Gasteiger partial charge in [0.15, 0.2) is 5.75 Å². The Balaban J connectivity index is 2.56. The molecule has 1 aliphatic carbocycles. The summed E-state index contributed by atoms with van der Waals surface area (Å²) in [6, 6.07) is 3.66. The van der Waals surface area contributed by atoms with Gasteiger partial charge in [0.05, 0.1) is 22.4 Å². The van der Waals surface area contributed by atoms with E-state index in [0.29, 0.717) is 23.6 Å². The molecule has 0 unspecified atom stereocenters. The van der Waals surface area contributed by atoms with Crippen LogP contribution >= 0.6 is 23.4 Å². The van der Waals surface area contributed by atoms with E-state index in [9.17, 15) is 9.90 Å². The van der Waals surface area contributed by atoms with Gasteiger partial charge in [0.1, 0.15) is 0 Å². The van der Waals surface area contributed by atoms with Crippen LogP contribution in [0, 0.1) is 0 Å². The van der Waals surface area contributed by atoms with Gasteiger partial charge in [-0.2, -0.15) is 0 Å². The molecule has 0 heterocycles. The number of rotatable bonds is 4. The highest BCUT2D eigenvalue weighted by atomic mass is 35.5. The van der Waals surface area contributed by atoms with E-state index < -0.39 is 11.4 Å². The molecular formula is C14H17ClO3S. The lowest BCUT2D eigenvalue weighted by molar-refractivity contribution is -0.143. The van der Waals surface area contributed by atoms with E-state index in [-0.39, 0.29) is 0 Å². The highest BCUT2D eigenvalue weighted by Gasteiger charge is 2.43. The van der Waals surface area contributed by atoms with E-state index in [2.05, 4.69) is 0 Å². The molecule has 1 aliphatic rings. The van der Waals surface area contributed by atoms with Gasteiger partial charge in [0.25, 0.3) is 0 Å². The predicted octanol–water partition coefficient (Wildman–Crippen LogP) is 3.97. The largest absolute Gasteiger partial charge is 0.494 e. The van der Waals surface area contributed by atoms with Crippen LogP contribution in [-0.2, 0) is 10.2 Å². The zero-order chi connectivity index (χ0) is 14.0. The fourth-order valence-corrected chi connectivity index (χ4v) is 3.77. The average Bonchev–Trinajstić information content (AvgIpc) is 2.88. The minimum atomic E-state index is -0.777. The summed E-state index contributed by atoms with van der Waals surface area (Å²) in [5, 5.41) is 10.1. The predicted molar refractivity (Wildman–Crippen MR) is 77.6 cm³/mol. The monoisotopic (exact) mass is 300 g/mol. The van der Waals surface area contributed by atoms with Crippen LogP contribution in [0.1, 0.15) is 31.2 Å². The van der Waals surface area contributed by atoms with E-state index in [4.69, 9.17) is 16.3 Å². The summed E-state index contributed by atoms with van der Waals surface area (Å²) in [6.45, 7) is 0. The number of carboxylic acid groups (broad SMARTS) is 1. The van der Waals surface area contributed by atoms with Crippen molar-refractivity contribution in [2.24, 2.45) is 0 Å². The van der Waals surface area contributed by atoms with Crippen molar-refractivity contribution in [2.45, 2.75) is 36.0 Å². The quantitative estimate of drug-likeness (QED) is 0.855. The molecule has 0 spiro atoms. The standard InChI is InChI=1S/C14H17ClO3S/c1-18-12-10(15)7-9(8-11(12)19-2)14(13(16)17)5-3-4-6-14/h7-8H,3-6H2,1-2H3,(H,16,17). The van der Waals surface area contributed by atoms with E-state index in [1.54, 1.807) is 13.2 Å². The Morgan fingerprint density at radius 2 is 2.05 bits per heavy atom. The van der Waals surface area contributed by atoms with Gasteiger partial charge in [-0.05, 0) is 36.8 Å². The first-order valence-corrected chi connectivity index (χ1v) is 7.81. The van der Waals surface area contributed by atoms with Gasteiger partial charge in [-0.15, -0.1) is 11.8 Å². The minimum Gasteiger partial charge on any atom is -0.494 e. The molecule has 0 radical (unpaired) electrons. The molecule has 0 aliphatic heterocycles. The Morgan fingerprint density at radius 3 is 2.53 bits per heavy atom. The number of ether oxygens (including phenoxy) is 1. The number of hydrogen-bond donors (Lipinski definition) is 1. The van der Waals surface area contributed by atoms with E-state index in [0.717, 1.165) is 23.3 Å². The van der Waals surface area contributed by atoms with Crippen LogP contribution in [0.25, 0.3) is 0 Å². The van der Waals surface area contributed by atoms with Crippen molar-refractivity contribution < 1.29 is 14.6 Å². The average molecular weight is 301 g/mol. The summed E-state index contributed by atoms with van der Waals surface area (Å²) in [6.07, 6.45) is 5.19. The van der Waals surface area contributed by atoms with Crippen molar-refractivity contribution in [3.05, 3.63) is 22.7 Å². The maximum atomic E-state index is 11.7. The molecule has 104 valence electrons. The molecule has 1 aromatic carbocycles. The fourth-order valence-electron chi connectivity index (χ4n) is 2.80. The molecule has 0 aromatic heterocycles. The van der Waals surface area contributed by atoms with E-state index >= 15 is 0 Å². The van der Waals surface area contributed by atoms with Gasteiger partial charge >= 0.3 is 5.97 Å². The molecule has 1 saturated carbocycles. The first kappa shape index (κ1) is 14.5. The first-order valence-electron chi connectivity index (χ1n) is 6.20. The number of hydrogen-bond acceptors (Lipinski definition) is 3. The maximum absolute atomic E-state index is 11.7. The Kier molecular flexibility index (Phi) is 4.31. The summed E-state index contributed by atoms with van der Waals surface area (Å²) in [4.78, 5) is 12.6. The Labute approximate surface area is 122 Å². The number of benzene rings is 1. The molecule has 1 aromatic rings. The molecule has 1 N–H and O–H groups in total. The van der Waals surface area contributed by atoms with E-state index in [1.807, 2.05) is 12.3 Å². The van der Waals surface area contributed by atoms with Gasteiger partial charge in [-0.3, -0.25) is 4.79 Å². The van der Waals surface area contributed by atoms with Crippen molar-refractivity contribution in [3.8, 4) is 5.75 Å². The minimum absolute atomic E-state index is 0.483.